The molecule has 2 aromatic carbocycles. The molecule has 25 heavy (non-hydrogen) atoms. The molecule has 0 bridgehead atoms. The van der Waals surface area contributed by atoms with Crippen molar-refractivity contribution in [2.75, 3.05) is 4.90 Å². The monoisotopic (exact) mass is 394 g/mol. The first-order valence-electron chi connectivity index (χ1n) is 8.09. The van der Waals surface area contributed by atoms with Crippen LogP contribution in [0.1, 0.15) is 12.0 Å². The van der Waals surface area contributed by atoms with Crippen LogP contribution in [0.2, 0.25) is 0 Å². The van der Waals surface area contributed by atoms with E-state index in [2.05, 4.69) is 20.9 Å². The van der Waals surface area contributed by atoms with Gasteiger partial charge in [-0.1, -0.05) is 46.3 Å². The van der Waals surface area contributed by atoms with Gasteiger partial charge in [0.25, 0.3) is 0 Å². The maximum atomic E-state index is 12.8. The van der Waals surface area contributed by atoms with Crippen LogP contribution >= 0.6 is 15.9 Å². The van der Waals surface area contributed by atoms with Gasteiger partial charge in [-0.25, -0.2) is 9.88 Å². The number of amides is 2. The van der Waals surface area contributed by atoms with E-state index in [0.29, 0.717) is 12.2 Å². The van der Waals surface area contributed by atoms with Crippen LogP contribution in [0.4, 0.5) is 5.82 Å². The fourth-order valence-corrected chi connectivity index (χ4v) is 3.44. The van der Waals surface area contributed by atoms with Crippen LogP contribution in [0, 0.1) is 5.92 Å². The molecule has 0 aliphatic carbocycles. The SMILES string of the molecule is O=C1C[C@H](Cc2ccc(Br)cc2)C(=O)N1c1ccc2ccccc2n1. The second-order valence-corrected chi connectivity index (χ2v) is 7.08. The number of pyridine rings is 1. The lowest BCUT2D eigenvalue weighted by atomic mass is 9.98. The van der Waals surface area contributed by atoms with Crippen LogP contribution in [-0.4, -0.2) is 16.8 Å². The molecule has 1 aromatic heterocycles. The smallest absolute Gasteiger partial charge is 0.238 e. The lowest BCUT2D eigenvalue weighted by molar-refractivity contribution is -0.122. The second-order valence-electron chi connectivity index (χ2n) is 6.16. The summed E-state index contributed by atoms with van der Waals surface area (Å²) in [5.41, 5.74) is 1.82. The molecule has 0 unspecified atom stereocenters. The highest BCUT2D eigenvalue weighted by atomic mass is 79.9. The molecule has 0 spiro atoms. The summed E-state index contributed by atoms with van der Waals surface area (Å²) in [6.45, 7) is 0. The van der Waals surface area contributed by atoms with Gasteiger partial charge in [0.2, 0.25) is 11.8 Å². The molecule has 0 radical (unpaired) electrons. The average molecular weight is 395 g/mol. The summed E-state index contributed by atoms with van der Waals surface area (Å²) in [6, 6.07) is 19.1. The number of halogens is 1. The third-order valence-electron chi connectivity index (χ3n) is 4.45. The van der Waals surface area contributed by atoms with Crippen molar-refractivity contribution in [3.05, 3.63) is 70.7 Å². The highest BCUT2D eigenvalue weighted by Crippen LogP contribution is 2.29. The van der Waals surface area contributed by atoms with E-state index in [-0.39, 0.29) is 24.2 Å². The number of carbonyl (C=O) groups is 2. The minimum Gasteiger partial charge on any atom is -0.274 e. The minimum absolute atomic E-state index is 0.171. The number of para-hydroxylation sites is 1. The quantitative estimate of drug-likeness (QED) is 0.627. The van der Waals surface area contributed by atoms with Gasteiger partial charge in [-0.3, -0.25) is 9.59 Å². The summed E-state index contributed by atoms with van der Waals surface area (Å²) < 4.78 is 0.993. The average Bonchev–Trinajstić information content (AvgIpc) is 2.90. The number of imide groups is 1. The largest absolute Gasteiger partial charge is 0.274 e. The van der Waals surface area contributed by atoms with Crippen LogP contribution in [0.3, 0.4) is 0 Å². The molecule has 1 fully saturated rings. The number of hydrogen-bond donors (Lipinski definition) is 0. The summed E-state index contributed by atoms with van der Waals surface area (Å²) >= 11 is 3.40. The van der Waals surface area contributed by atoms with Crippen molar-refractivity contribution in [1.82, 2.24) is 4.98 Å². The van der Waals surface area contributed by atoms with Crippen LogP contribution in [0.25, 0.3) is 10.9 Å². The fraction of sp³-hybridized carbons (Fsp3) is 0.150. The van der Waals surface area contributed by atoms with Crippen LogP contribution < -0.4 is 4.90 Å². The van der Waals surface area contributed by atoms with Gasteiger partial charge < -0.3 is 0 Å². The van der Waals surface area contributed by atoms with Crippen molar-refractivity contribution in [3.8, 4) is 0 Å². The van der Waals surface area contributed by atoms with Gasteiger partial charge in [0, 0.05) is 16.3 Å². The normalized spacial score (nSPS) is 17.5. The summed E-state index contributed by atoms with van der Waals surface area (Å²) in [4.78, 5) is 30.9. The Morgan fingerprint density at radius 1 is 1.00 bits per heavy atom. The van der Waals surface area contributed by atoms with Crippen molar-refractivity contribution in [2.24, 2.45) is 5.92 Å². The third-order valence-corrected chi connectivity index (χ3v) is 4.98. The zero-order valence-corrected chi connectivity index (χ0v) is 14.9. The molecule has 5 heteroatoms. The highest BCUT2D eigenvalue weighted by molar-refractivity contribution is 9.10. The maximum absolute atomic E-state index is 12.8. The Bertz CT molecular complexity index is 969. The summed E-state index contributed by atoms with van der Waals surface area (Å²) in [7, 11) is 0. The van der Waals surface area contributed by atoms with E-state index in [0.717, 1.165) is 20.9 Å². The topological polar surface area (TPSA) is 50.3 Å². The standard InChI is InChI=1S/C20H15BrN2O2/c21-16-8-5-13(6-9-16)11-15-12-19(24)23(20(15)25)18-10-7-14-3-1-2-4-17(14)22-18/h1-10,15H,11-12H2/t15-/m0/s1. The molecule has 0 N–H and O–H groups in total. The van der Waals surface area contributed by atoms with Gasteiger partial charge in [-0.05, 0) is 42.3 Å². The number of anilines is 1. The molecule has 4 nitrogen and oxygen atoms in total. The number of hydrogen-bond acceptors (Lipinski definition) is 3. The Kier molecular flexibility index (Phi) is 4.09. The van der Waals surface area contributed by atoms with Crippen LogP contribution in [-0.2, 0) is 16.0 Å². The first-order valence-corrected chi connectivity index (χ1v) is 8.88. The molecule has 3 aromatic rings. The van der Waals surface area contributed by atoms with Gasteiger partial charge >= 0.3 is 0 Å². The van der Waals surface area contributed by atoms with E-state index >= 15 is 0 Å². The fourth-order valence-electron chi connectivity index (χ4n) is 3.18. The molecule has 2 heterocycles. The van der Waals surface area contributed by atoms with Crippen molar-refractivity contribution < 1.29 is 9.59 Å². The first kappa shape index (κ1) is 16.0. The summed E-state index contributed by atoms with van der Waals surface area (Å²) in [5.74, 6) is -0.278. The van der Waals surface area contributed by atoms with Gasteiger partial charge in [0.15, 0.2) is 0 Å². The summed E-state index contributed by atoms with van der Waals surface area (Å²) in [6.07, 6.45) is 0.783. The van der Waals surface area contributed by atoms with E-state index in [9.17, 15) is 9.59 Å². The van der Waals surface area contributed by atoms with Crippen molar-refractivity contribution in [2.45, 2.75) is 12.8 Å². The van der Waals surface area contributed by atoms with E-state index in [1.54, 1.807) is 6.07 Å². The van der Waals surface area contributed by atoms with Crippen LogP contribution in [0.15, 0.2) is 65.1 Å². The molecule has 1 atom stereocenters. The van der Waals surface area contributed by atoms with Crippen molar-refractivity contribution in [3.63, 3.8) is 0 Å². The zero-order chi connectivity index (χ0) is 17.4. The lowest BCUT2D eigenvalue weighted by Crippen LogP contribution is -2.31. The Labute approximate surface area is 153 Å². The highest BCUT2D eigenvalue weighted by Gasteiger charge is 2.40. The van der Waals surface area contributed by atoms with Gasteiger partial charge in [0.1, 0.15) is 5.82 Å². The number of fused-ring (bicyclic) bond motifs is 1. The molecule has 0 saturated carbocycles. The molecule has 1 saturated heterocycles. The van der Waals surface area contributed by atoms with Crippen molar-refractivity contribution in [1.29, 1.82) is 0 Å². The van der Waals surface area contributed by atoms with E-state index < -0.39 is 0 Å². The van der Waals surface area contributed by atoms with E-state index in [1.807, 2.05) is 54.6 Å². The molecule has 1 aliphatic rings. The van der Waals surface area contributed by atoms with Gasteiger partial charge in [-0.2, -0.15) is 0 Å². The van der Waals surface area contributed by atoms with E-state index in [4.69, 9.17) is 0 Å². The molecule has 2 amide bonds. The van der Waals surface area contributed by atoms with Gasteiger partial charge in [-0.15, -0.1) is 0 Å². The zero-order valence-electron chi connectivity index (χ0n) is 13.4. The molecule has 4 rings (SSSR count). The number of carbonyl (C=O) groups excluding carboxylic acids is 2. The first-order chi connectivity index (χ1) is 12.1. The predicted octanol–water partition coefficient (Wildman–Crippen LogP) is 4.12. The molecular formula is C20H15BrN2O2. The summed E-state index contributed by atoms with van der Waals surface area (Å²) in [5, 5.41) is 0.983. The predicted molar refractivity (Wildman–Crippen MR) is 100 cm³/mol. The number of aromatic nitrogens is 1. The molecule has 1 aliphatic heterocycles. The second kappa shape index (κ2) is 6.41. The van der Waals surface area contributed by atoms with E-state index in [1.165, 1.54) is 4.90 Å². The Balaban J connectivity index is 1.60. The Morgan fingerprint density at radius 3 is 2.56 bits per heavy atom. The minimum atomic E-state index is -0.332. The third kappa shape index (κ3) is 3.07. The molecule has 124 valence electrons. The maximum Gasteiger partial charge on any atom is 0.238 e. The number of rotatable bonds is 3. The Hall–Kier alpha value is -2.53. The number of nitrogens with zero attached hydrogens (tertiary/aromatic N) is 2. The van der Waals surface area contributed by atoms with Crippen LogP contribution in [0.5, 0.6) is 0 Å². The Morgan fingerprint density at radius 2 is 1.76 bits per heavy atom. The number of benzene rings is 2. The van der Waals surface area contributed by atoms with Gasteiger partial charge in [0.05, 0.1) is 11.4 Å². The van der Waals surface area contributed by atoms with Crippen molar-refractivity contribution >= 4 is 44.5 Å². The lowest BCUT2D eigenvalue weighted by Gasteiger charge is -2.14. The molecular weight excluding hydrogens is 380 g/mol.